The van der Waals surface area contributed by atoms with E-state index in [1.165, 1.54) is 0 Å². The van der Waals surface area contributed by atoms with Crippen LogP contribution < -0.4 is 0 Å². The Hall–Kier alpha value is -3.15. The summed E-state index contributed by atoms with van der Waals surface area (Å²) in [6, 6.07) is 14.7. The molecular weight excluding hydrogens is 368 g/mol. The summed E-state index contributed by atoms with van der Waals surface area (Å²) in [5.74, 6) is -0.0528. The van der Waals surface area contributed by atoms with E-state index in [1.54, 1.807) is 25.1 Å². The van der Waals surface area contributed by atoms with Gasteiger partial charge in [-0.2, -0.15) is 0 Å². The van der Waals surface area contributed by atoms with Gasteiger partial charge in [0.05, 0.1) is 10.9 Å². The molecule has 0 spiro atoms. The molecule has 1 aromatic heterocycles. The SMILES string of the molecule is CC(OC(=O)c1ccc2noc(-c3ccccc3)c2c1)C(=O)N1CCCCCC1. The van der Waals surface area contributed by atoms with E-state index in [9.17, 15) is 9.59 Å². The number of hydrogen-bond donors (Lipinski definition) is 0. The van der Waals surface area contributed by atoms with Crippen molar-refractivity contribution in [2.24, 2.45) is 0 Å². The highest BCUT2D eigenvalue weighted by atomic mass is 16.5. The molecule has 1 unspecified atom stereocenters. The number of benzene rings is 2. The molecule has 1 amide bonds. The van der Waals surface area contributed by atoms with Gasteiger partial charge in [-0.3, -0.25) is 4.79 Å². The van der Waals surface area contributed by atoms with Crippen LogP contribution in [0, 0.1) is 0 Å². The number of carbonyl (C=O) groups is 2. The standard InChI is InChI=1S/C23H24N2O4/c1-16(22(26)25-13-7-2-3-8-14-25)28-23(27)18-11-12-20-19(15-18)21(29-24-20)17-9-5-4-6-10-17/h4-6,9-12,15-16H,2-3,7-8,13-14H2,1H3. The summed E-state index contributed by atoms with van der Waals surface area (Å²) < 4.78 is 11.0. The van der Waals surface area contributed by atoms with E-state index >= 15 is 0 Å². The Morgan fingerprint density at radius 2 is 1.76 bits per heavy atom. The zero-order valence-corrected chi connectivity index (χ0v) is 16.5. The first kappa shape index (κ1) is 19.2. The highest BCUT2D eigenvalue weighted by Gasteiger charge is 2.25. The normalized spacial score (nSPS) is 15.7. The molecule has 1 atom stereocenters. The zero-order valence-electron chi connectivity index (χ0n) is 16.5. The number of nitrogens with zero attached hydrogens (tertiary/aromatic N) is 2. The van der Waals surface area contributed by atoms with Gasteiger partial charge in [0, 0.05) is 18.7 Å². The van der Waals surface area contributed by atoms with Crippen LogP contribution >= 0.6 is 0 Å². The number of ether oxygens (including phenoxy) is 1. The number of aromatic nitrogens is 1. The highest BCUT2D eigenvalue weighted by Crippen LogP contribution is 2.29. The van der Waals surface area contributed by atoms with Gasteiger partial charge in [0.1, 0.15) is 5.52 Å². The van der Waals surface area contributed by atoms with Crippen LogP contribution in [0.4, 0.5) is 0 Å². The summed E-state index contributed by atoms with van der Waals surface area (Å²) in [5.41, 5.74) is 1.91. The van der Waals surface area contributed by atoms with Gasteiger partial charge in [0.25, 0.3) is 5.91 Å². The first-order valence-electron chi connectivity index (χ1n) is 10.1. The Kier molecular flexibility index (Phi) is 5.60. The lowest BCUT2D eigenvalue weighted by atomic mass is 10.1. The smallest absolute Gasteiger partial charge is 0.338 e. The van der Waals surface area contributed by atoms with Crippen LogP contribution in [0.5, 0.6) is 0 Å². The maximum Gasteiger partial charge on any atom is 0.338 e. The third-order valence-corrected chi connectivity index (χ3v) is 5.30. The van der Waals surface area contributed by atoms with Crippen molar-refractivity contribution in [3.8, 4) is 11.3 Å². The minimum Gasteiger partial charge on any atom is -0.449 e. The Balaban J connectivity index is 1.51. The van der Waals surface area contributed by atoms with E-state index in [2.05, 4.69) is 5.16 Å². The number of rotatable bonds is 4. The molecular formula is C23H24N2O4. The third-order valence-electron chi connectivity index (χ3n) is 5.30. The average molecular weight is 392 g/mol. The molecule has 0 bridgehead atoms. The van der Waals surface area contributed by atoms with Crippen molar-refractivity contribution in [2.45, 2.75) is 38.7 Å². The fraction of sp³-hybridized carbons (Fsp3) is 0.348. The molecule has 3 aromatic rings. The minimum atomic E-state index is -0.813. The number of carbonyl (C=O) groups excluding carboxylic acids is 2. The van der Waals surface area contributed by atoms with Crippen LogP contribution in [0.2, 0.25) is 0 Å². The van der Waals surface area contributed by atoms with Crippen molar-refractivity contribution in [3.63, 3.8) is 0 Å². The van der Waals surface area contributed by atoms with E-state index in [1.807, 2.05) is 35.2 Å². The molecule has 1 fully saturated rings. The molecule has 0 aliphatic carbocycles. The second-order valence-corrected chi connectivity index (χ2v) is 7.40. The first-order valence-corrected chi connectivity index (χ1v) is 10.1. The summed E-state index contributed by atoms with van der Waals surface area (Å²) in [6.45, 7) is 3.10. The van der Waals surface area contributed by atoms with E-state index < -0.39 is 12.1 Å². The number of likely N-dealkylation sites (tertiary alicyclic amines) is 1. The van der Waals surface area contributed by atoms with Crippen LogP contribution in [0.3, 0.4) is 0 Å². The minimum absolute atomic E-state index is 0.128. The molecule has 1 aliphatic heterocycles. The molecule has 6 nitrogen and oxygen atoms in total. The molecule has 0 saturated carbocycles. The molecule has 6 heteroatoms. The van der Waals surface area contributed by atoms with Crippen molar-refractivity contribution in [1.82, 2.24) is 10.1 Å². The molecule has 0 radical (unpaired) electrons. The van der Waals surface area contributed by atoms with E-state index in [-0.39, 0.29) is 5.91 Å². The Labute approximate surface area is 169 Å². The van der Waals surface area contributed by atoms with Gasteiger partial charge in [-0.05, 0) is 38.0 Å². The van der Waals surface area contributed by atoms with Gasteiger partial charge in [-0.25, -0.2) is 4.79 Å². The summed E-state index contributed by atoms with van der Waals surface area (Å²) in [6.07, 6.45) is 3.46. The van der Waals surface area contributed by atoms with Gasteiger partial charge in [0.2, 0.25) is 0 Å². The molecule has 1 aliphatic rings. The van der Waals surface area contributed by atoms with Crippen molar-refractivity contribution >= 4 is 22.8 Å². The largest absolute Gasteiger partial charge is 0.449 e. The van der Waals surface area contributed by atoms with Gasteiger partial charge in [-0.15, -0.1) is 0 Å². The Morgan fingerprint density at radius 1 is 1.03 bits per heavy atom. The maximum absolute atomic E-state index is 12.7. The fourth-order valence-corrected chi connectivity index (χ4v) is 3.69. The number of hydrogen-bond acceptors (Lipinski definition) is 5. The average Bonchev–Trinajstić information content (AvgIpc) is 2.98. The molecule has 0 N–H and O–H groups in total. The molecule has 1 saturated heterocycles. The fourth-order valence-electron chi connectivity index (χ4n) is 3.69. The molecule has 150 valence electrons. The first-order chi connectivity index (χ1) is 14.1. The maximum atomic E-state index is 12.7. The quantitative estimate of drug-likeness (QED) is 0.614. The van der Waals surface area contributed by atoms with Gasteiger partial charge in [-0.1, -0.05) is 48.3 Å². The lowest BCUT2D eigenvalue weighted by molar-refractivity contribution is -0.139. The predicted octanol–water partition coefficient (Wildman–Crippen LogP) is 4.44. The van der Waals surface area contributed by atoms with Gasteiger partial charge < -0.3 is 14.2 Å². The summed E-state index contributed by atoms with van der Waals surface area (Å²) >= 11 is 0. The van der Waals surface area contributed by atoms with Crippen LogP contribution in [0.15, 0.2) is 53.1 Å². The van der Waals surface area contributed by atoms with Crippen LogP contribution in [0.25, 0.3) is 22.2 Å². The topological polar surface area (TPSA) is 72.6 Å². The number of fused-ring (bicyclic) bond motifs is 1. The predicted molar refractivity (Wildman–Crippen MR) is 109 cm³/mol. The summed E-state index contributed by atoms with van der Waals surface area (Å²) in [7, 11) is 0. The van der Waals surface area contributed by atoms with Gasteiger partial charge in [0.15, 0.2) is 11.9 Å². The van der Waals surface area contributed by atoms with Crippen molar-refractivity contribution in [1.29, 1.82) is 0 Å². The number of amides is 1. The van der Waals surface area contributed by atoms with Crippen molar-refractivity contribution < 1.29 is 18.8 Å². The molecule has 4 rings (SSSR count). The van der Waals surface area contributed by atoms with Crippen LogP contribution in [-0.2, 0) is 9.53 Å². The second-order valence-electron chi connectivity index (χ2n) is 7.40. The molecule has 2 aromatic carbocycles. The van der Waals surface area contributed by atoms with Crippen LogP contribution in [0.1, 0.15) is 43.0 Å². The van der Waals surface area contributed by atoms with Crippen molar-refractivity contribution in [3.05, 3.63) is 54.1 Å². The monoisotopic (exact) mass is 392 g/mol. The van der Waals surface area contributed by atoms with Gasteiger partial charge >= 0.3 is 5.97 Å². The van der Waals surface area contributed by atoms with E-state index in [0.717, 1.165) is 49.7 Å². The highest BCUT2D eigenvalue weighted by molar-refractivity contribution is 5.99. The second kappa shape index (κ2) is 8.47. The third kappa shape index (κ3) is 4.16. The lowest BCUT2D eigenvalue weighted by Crippen LogP contribution is -2.40. The summed E-state index contributed by atoms with van der Waals surface area (Å²) in [4.78, 5) is 27.1. The van der Waals surface area contributed by atoms with E-state index in [0.29, 0.717) is 16.8 Å². The van der Waals surface area contributed by atoms with E-state index in [4.69, 9.17) is 9.26 Å². The number of esters is 1. The summed E-state index contributed by atoms with van der Waals surface area (Å²) in [5, 5.41) is 4.80. The molecule has 2 heterocycles. The van der Waals surface area contributed by atoms with Crippen molar-refractivity contribution in [2.75, 3.05) is 13.1 Å². The zero-order chi connectivity index (χ0) is 20.2. The van der Waals surface area contributed by atoms with Crippen LogP contribution in [-0.4, -0.2) is 41.1 Å². The Morgan fingerprint density at radius 3 is 2.48 bits per heavy atom. The molecule has 29 heavy (non-hydrogen) atoms. The lowest BCUT2D eigenvalue weighted by Gasteiger charge is -2.24. The Bertz CT molecular complexity index is 1000.